The molecule has 3 nitrogen and oxygen atoms in total. The van der Waals surface area contributed by atoms with Crippen molar-refractivity contribution in [1.82, 2.24) is 4.90 Å². The average molecular weight is 275 g/mol. The second-order valence-electron chi connectivity index (χ2n) is 6.50. The molecule has 1 aromatic carbocycles. The molecule has 112 valence electrons. The Kier molecular flexibility index (Phi) is 5.06. The van der Waals surface area contributed by atoms with Crippen LogP contribution in [0.1, 0.15) is 38.2 Å². The van der Waals surface area contributed by atoms with Crippen molar-refractivity contribution < 1.29 is 0 Å². The Hall–Kier alpha value is -1.06. The molecule has 2 N–H and O–H groups in total. The Morgan fingerprint density at radius 3 is 2.10 bits per heavy atom. The Bertz CT molecular complexity index is 401. The molecule has 0 aliphatic carbocycles. The molecule has 1 aliphatic rings. The van der Waals surface area contributed by atoms with Gasteiger partial charge in [-0.15, -0.1) is 0 Å². The largest absolute Gasteiger partial charge is 0.378 e. The van der Waals surface area contributed by atoms with E-state index in [0.717, 1.165) is 19.5 Å². The van der Waals surface area contributed by atoms with Crippen LogP contribution in [0.15, 0.2) is 24.3 Å². The zero-order valence-corrected chi connectivity index (χ0v) is 13.2. The summed E-state index contributed by atoms with van der Waals surface area (Å²) < 4.78 is 0. The highest BCUT2D eigenvalue weighted by Gasteiger charge is 2.27. The summed E-state index contributed by atoms with van der Waals surface area (Å²) in [7, 11) is 4.14. The third-order valence-electron chi connectivity index (χ3n) is 4.34. The molecule has 0 saturated carbocycles. The molecule has 1 fully saturated rings. The van der Waals surface area contributed by atoms with Gasteiger partial charge in [0.15, 0.2) is 0 Å². The summed E-state index contributed by atoms with van der Waals surface area (Å²) in [6.07, 6.45) is 6.19. The lowest BCUT2D eigenvalue weighted by molar-refractivity contribution is 0.113. The molecule has 0 aromatic heterocycles. The Labute approximate surface area is 123 Å². The van der Waals surface area contributed by atoms with E-state index in [0.29, 0.717) is 0 Å². The SMILES string of the molecule is CN(C)c1ccc(CC(C)(N)N2CCCCCC2)cc1. The first-order chi connectivity index (χ1) is 9.49. The minimum Gasteiger partial charge on any atom is -0.378 e. The standard InChI is InChI=1S/C17H29N3/c1-17(18,20-12-6-4-5-7-13-20)14-15-8-10-16(11-9-15)19(2)3/h8-11H,4-7,12-14,18H2,1-3H3. The van der Waals surface area contributed by atoms with E-state index in [2.05, 4.69) is 55.1 Å². The minimum atomic E-state index is -0.232. The summed E-state index contributed by atoms with van der Waals surface area (Å²) in [5.74, 6) is 0. The summed E-state index contributed by atoms with van der Waals surface area (Å²) >= 11 is 0. The quantitative estimate of drug-likeness (QED) is 0.917. The number of nitrogens with two attached hydrogens (primary N) is 1. The average Bonchev–Trinajstić information content (AvgIpc) is 2.68. The van der Waals surface area contributed by atoms with Gasteiger partial charge < -0.3 is 10.6 Å². The molecule has 2 rings (SSSR count). The molecule has 3 heteroatoms. The third kappa shape index (κ3) is 3.97. The summed E-state index contributed by atoms with van der Waals surface area (Å²) in [5, 5.41) is 0. The van der Waals surface area contributed by atoms with E-state index in [4.69, 9.17) is 5.73 Å². The number of benzene rings is 1. The molecule has 0 bridgehead atoms. The monoisotopic (exact) mass is 275 g/mol. The van der Waals surface area contributed by atoms with E-state index in [-0.39, 0.29) is 5.66 Å². The molecule has 1 saturated heterocycles. The first-order valence-corrected chi connectivity index (χ1v) is 7.79. The summed E-state index contributed by atoms with van der Waals surface area (Å²) in [4.78, 5) is 4.60. The zero-order valence-electron chi connectivity index (χ0n) is 13.2. The van der Waals surface area contributed by atoms with Crippen LogP contribution in [-0.4, -0.2) is 37.7 Å². The van der Waals surface area contributed by atoms with Crippen LogP contribution in [0.4, 0.5) is 5.69 Å². The van der Waals surface area contributed by atoms with Crippen molar-refractivity contribution in [2.24, 2.45) is 5.73 Å². The van der Waals surface area contributed by atoms with Gasteiger partial charge in [-0.3, -0.25) is 4.90 Å². The van der Waals surface area contributed by atoms with Gasteiger partial charge in [-0.1, -0.05) is 25.0 Å². The van der Waals surface area contributed by atoms with Crippen LogP contribution in [0.5, 0.6) is 0 Å². The highest BCUT2D eigenvalue weighted by Crippen LogP contribution is 2.21. The smallest absolute Gasteiger partial charge is 0.0699 e. The predicted octanol–water partition coefficient (Wildman–Crippen LogP) is 2.85. The second kappa shape index (κ2) is 6.59. The maximum Gasteiger partial charge on any atom is 0.0699 e. The van der Waals surface area contributed by atoms with Crippen molar-refractivity contribution in [2.75, 3.05) is 32.1 Å². The Balaban J connectivity index is 2.02. The van der Waals surface area contributed by atoms with E-state index < -0.39 is 0 Å². The lowest BCUT2D eigenvalue weighted by atomic mass is 9.99. The van der Waals surface area contributed by atoms with Crippen LogP contribution < -0.4 is 10.6 Å². The summed E-state index contributed by atoms with van der Waals surface area (Å²) in [6, 6.07) is 8.76. The lowest BCUT2D eigenvalue weighted by Gasteiger charge is -2.38. The molecule has 20 heavy (non-hydrogen) atoms. The van der Waals surface area contributed by atoms with Gasteiger partial charge in [0.05, 0.1) is 5.66 Å². The summed E-state index contributed by atoms with van der Waals surface area (Å²) in [6.45, 7) is 4.46. The van der Waals surface area contributed by atoms with Gasteiger partial charge in [0.1, 0.15) is 0 Å². The van der Waals surface area contributed by atoms with E-state index >= 15 is 0 Å². The normalized spacial score (nSPS) is 20.2. The van der Waals surface area contributed by atoms with Gasteiger partial charge in [0.2, 0.25) is 0 Å². The van der Waals surface area contributed by atoms with Gasteiger partial charge in [0.25, 0.3) is 0 Å². The molecule has 1 aliphatic heterocycles. The van der Waals surface area contributed by atoms with Crippen molar-refractivity contribution in [3.05, 3.63) is 29.8 Å². The highest BCUT2D eigenvalue weighted by molar-refractivity contribution is 5.46. The number of hydrogen-bond acceptors (Lipinski definition) is 3. The predicted molar refractivity (Wildman–Crippen MR) is 87.1 cm³/mol. The number of rotatable bonds is 4. The van der Waals surface area contributed by atoms with Crippen molar-refractivity contribution in [3.8, 4) is 0 Å². The van der Waals surface area contributed by atoms with Crippen LogP contribution in [-0.2, 0) is 6.42 Å². The van der Waals surface area contributed by atoms with E-state index in [9.17, 15) is 0 Å². The highest BCUT2D eigenvalue weighted by atomic mass is 15.3. The molecule has 1 unspecified atom stereocenters. The van der Waals surface area contributed by atoms with Crippen LogP contribution in [0, 0.1) is 0 Å². The Morgan fingerprint density at radius 1 is 1.05 bits per heavy atom. The fourth-order valence-corrected chi connectivity index (χ4v) is 3.02. The van der Waals surface area contributed by atoms with Crippen LogP contribution in [0.2, 0.25) is 0 Å². The van der Waals surface area contributed by atoms with Crippen molar-refractivity contribution in [2.45, 2.75) is 44.7 Å². The van der Waals surface area contributed by atoms with Crippen molar-refractivity contribution in [1.29, 1.82) is 0 Å². The molecular formula is C17H29N3. The number of anilines is 1. The first kappa shape index (κ1) is 15.3. The molecule has 0 amide bonds. The molecule has 0 spiro atoms. The molecular weight excluding hydrogens is 246 g/mol. The lowest BCUT2D eigenvalue weighted by Crippen LogP contribution is -2.55. The van der Waals surface area contributed by atoms with Gasteiger partial charge in [-0.05, 0) is 50.6 Å². The number of nitrogens with zero attached hydrogens (tertiary/aromatic N) is 2. The fourth-order valence-electron chi connectivity index (χ4n) is 3.02. The van der Waals surface area contributed by atoms with Crippen LogP contribution >= 0.6 is 0 Å². The molecule has 1 aromatic rings. The van der Waals surface area contributed by atoms with Gasteiger partial charge in [0, 0.05) is 26.2 Å². The van der Waals surface area contributed by atoms with E-state index in [1.165, 1.54) is 36.9 Å². The topological polar surface area (TPSA) is 32.5 Å². The maximum atomic E-state index is 6.61. The van der Waals surface area contributed by atoms with E-state index in [1.54, 1.807) is 0 Å². The minimum absolute atomic E-state index is 0.232. The third-order valence-corrected chi connectivity index (χ3v) is 4.34. The maximum absolute atomic E-state index is 6.61. The first-order valence-electron chi connectivity index (χ1n) is 7.79. The Morgan fingerprint density at radius 2 is 1.60 bits per heavy atom. The fraction of sp³-hybridized carbons (Fsp3) is 0.647. The van der Waals surface area contributed by atoms with Gasteiger partial charge in [-0.2, -0.15) is 0 Å². The van der Waals surface area contributed by atoms with Gasteiger partial charge in [-0.25, -0.2) is 0 Å². The van der Waals surface area contributed by atoms with E-state index in [1.807, 2.05) is 0 Å². The van der Waals surface area contributed by atoms with Gasteiger partial charge >= 0.3 is 0 Å². The van der Waals surface area contributed by atoms with Crippen molar-refractivity contribution >= 4 is 5.69 Å². The summed E-state index contributed by atoms with van der Waals surface area (Å²) in [5.41, 5.74) is 8.94. The molecule has 1 atom stereocenters. The zero-order chi connectivity index (χ0) is 14.6. The van der Waals surface area contributed by atoms with Crippen LogP contribution in [0.3, 0.4) is 0 Å². The number of likely N-dealkylation sites (tertiary alicyclic amines) is 1. The van der Waals surface area contributed by atoms with Crippen LogP contribution in [0.25, 0.3) is 0 Å². The molecule has 0 radical (unpaired) electrons. The second-order valence-corrected chi connectivity index (χ2v) is 6.50. The number of hydrogen-bond donors (Lipinski definition) is 1. The molecule has 1 heterocycles. The van der Waals surface area contributed by atoms with Crippen molar-refractivity contribution in [3.63, 3.8) is 0 Å².